The normalized spacial score (nSPS) is 10.4. The average Bonchev–Trinajstić information content (AvgIpc) is 3.38. The van der Waals surface area contributed by atoms with E-state index in [9.17, 15) is 14.4 Å². The number of carbonyl (C=O) groups is 3. The second-order valence-corrected chi connectivity index (χ2v) is 7.68. The fraction of sp³-hybridized carbons (Fsp3) is 0.111. The van der Waals surface area contributed by atoms with Gasteiger partial charge in [0.1, 0.15) is 17.0 Å². The maximum absolute atomic E-state index is 13.0. The molecule has 3 aromatic carbocycles. The van der Waals surface area contributed by atoms with Crippen molar-refractivity contribution in [3.05, 3.63) is 96.2 Å². The Bertz CT molecular complexity index is 1360. The van der Waals surface area contributed by atoms with Crippen LogP contribution in [0.4, 0.5) is 5.69 Å². The van der Waals surface area contributed by atoms with Gasteiger partial charge >= 0.3 is 5.97 Å². The van der Waals surface area contributed by atoms with Crippen LogP contribution in [0.3, 0.4) is 0 Å². The summed E-state index contributed by atoms with van der Waals surface area (Å²) >= 11 is 0. The molecule has 9 nitrogen and oxygen atoms in total. The highest BCUT2D eigenvalue weighted by atomic mass is 16.5. The van der Waals surface area contributed by atoms with E-state index in [2.05, 4.69) is 15.7 Å². The largest absolute Gasteiger partial charge is 0.497 e. The Hall–Kier alpha value is -4.92. The number of anilines is 1. The van der Waals surface area contributed by atoms with Crippen LogP contribution in [0.2, 0.25) is 0 Å². The van der Waals surface area contributed by atoms with E-state index in [1.54, 1.807) is 66.5 Å². The Balaban J connectivity index is 1.50. The molecular formula is C27H24N4O5. The van der Waals surface area contributed by atoms with E-state index in [-0.39, 0.29) is 11.5 Å². The molecule has 0 unspecified atom stereocenters. The Labute approximate surface area is 207 Å². The molecule has 4 aromatic rings. The molecule has 182 valence electrons. The van der Waals surface area contributed by atoms with Crippen LogP contribution in [-0.4, -0.2) is 48.3 Å². The SMILES string of the molecule is CNC(=O)c1ccc(NC(=O)COC(=O)c2cn(-c3ccccc3)nc2-c2ccc(OC)cc2)cc1. The van der Waals surface area contributed by atoms with Crippen LogP contribution in [0.5, 0.6) is 5.75 Å². The molecule has 0 aliphatic rings. The number of aromatic nitrogens is 2. The van der Waals surface area contributed by atoms with Gasteiger partial charge in [-0.2, -0.15) is 5.10 Å². The average molecular weight is 485 g/mol. The van der Waals surface area contributed by atoms with Crippen LogP contribution in [0.15, 0.2) is 85.1 Å². The van der Waals surface area contributed by atoms with E-state index >= 15 is 0 Å². The first-order valence-electron chi connectivity index (χ1n) is 11.1. The van der Waals surface area contributed by atoms with Gasteiger partial charge in [-0.1, -0.05) is 18.2 Å². The number of esters is 1. The van der Waals surface area contributed by atoms with E-state index in [0.717, 1.165) is 5.69 Å². The third-order valence-corrected chi connectivity index (χ3v) is 5.31. The van der Waals surface area contributed by atoms with Gasteiger partial charge in [0, 0.05) is 30.1 Å². The van der Waals surface area contributed by atoms with Crippen LogP contribution in [0.25, 0.3) is 16.9 Å². The zero-order chi connectivity index (χ0) is 25.5. The number of nitrogens with zero attached hydrogens (tertiary/aromatic N) is 2. The first-order chi connectivity index (χ1) is 17.5. The predicted octanol–water partition coefficient (Wildman–Crippen LogP) is 3.70. The molecule has 0 radical (unpaired) electrons. The summed E-state index contributed by atoms with van der Waals surface area (Å²) in [5.74, 6) is -0.762. The molecule has 0 aliphatic carbocycles. The summed E-state index contributed by atoms with van der Waals surface area (Å²) in [7, 11) is 3.11. The van der Waals surface area contributed by atoms with Crippen molar-refractivity contribution in [3.63, 3.8) is 0 Å². The van der Waals surface area contributed by atoms with Crippen LogP contribution >= 0.6 is 0 Å². The summed E-state index contributed by atoms with van der Waals surface area (Å²) in [4.78, 5) is 37.0. The van der Waals surface area contributed by atoms with Gasteiger partial charge in [-0.3, -0.25) is 9.59 Å². The summed E-state index contributed by atoms with van der Waals surface area (Å²) in [6.07, 6.45) is 1.58. The maximum Gasteiger partial charge on any atom is 0.342 e. The number of ether oxygens (including phenoxy) is 2. The lowest BCUT2D eigenvalue weighted by molar-refractivity contribution is -0.119. The van der Waals surface area contributed by atoms with E-state index in [4.69, 9.17) is 9.47 Å². The number of hydrogen-bond donors (Lipinski definition) is 2. The minimum atomic E-state index is -0.687. The molecule has 0 saturated heterocycles. The third-order valence-electron chi connectivity index (χ3n) is 5.31. The third kappa shape index (κ3) is 5.58. The smallest absolute Gasteiger partial charge is 0.342 e. The molecule has 4 rings (SSSR count). The van der Waals surface area contributed by atoms with Crippen LogP contribution in [-0.2, 0) is 9.53 Å². The highest BCUT2D eigenvalue weighted by Gasteiger charge is 2.21. The predicted molar refractivity (Wildman–Crippen MR) is 134 cm³/mol. The van der Waals surface area contributed by atoms with Crippen LogP contribution in [0.1, 0.15) is 20.7 Å². The first-order valence-corrected chi connectivity index (χ1v) is 11.1. The van der Waals surface area contributed by atoms with Crippen LogP contribution < -0.4 is 15.4 Å². The van der Waals surface area contributed by atoms with Gasteiger partial charge in [-0.15, -0.1) is 0 Å². The number of methoxy groups -OCH3 is 1. The van der Waals surface area contributed by atoms with E-state index < -0.39 is 18.5 Å². The Morgan fingerprint density at radius 1 is 0.917 bits per heavy atom. The number of para-hydroxylation sites is 1. The topological polar surface area (TPSA) is 112 Å². The first kappa shape index (κ1) is 24.2. The van der Waals surface area contributed by atoms with Crippen molar-refractivity contribution in [1.29, 1.82) is 0 Å². The number of rotatable bonds is 8. The molecule has 1 aromatic heterocycles. The Morgan fingerprint density at radius 3 is 2.25 bits per heavy atom. The zero-order valence-electron chi connectivity index (χ0n) is 19.7. The summed E-state index contributed by atoms with van der Waals surface area (Å²) in [6, 6.07) is 22.8. The molecule has 1 heterocycles. The van der Waals surface area contributed by atoms with Crippen molar-refractivity contribution in [2.75, 3.05) is 26.1 Å². The van der Waals surface area contributed by atoms with Gasteiger partial charge in [0.15, 0.2) is 6.61 Å². The number of carbonyl (C=O) groups excluding carboxylic acids is 3. The van der Waals surface area contributed by atoms with Crippen molar-refractivity contribution in [1.82, 2.24) is 15.1 Å². The molecule has 0 bridgehead atoms. The summed E-state index contributed by atoms with van der Waals surface area (Å²) < 4.78 is 12.1. The summed E-state index contributed by atoms with van der Waals surface area (Å²) in [5.41, 5.74) is 3.02. The molecule has 2 amide bonds. The van der Waals surface area contributed by atoms with Crippen LogP contribution in [0, 0.1) is 0 Å². The second-order valence-electron chi connectivity index (χ2n) is 7.68. The fourth-order valence-electron chi connectivity index (χ4n) is 3.45. The van der Waals surface area contributed by atoms with Gasteiger partial charge in [-0.25, -0.2) is 9.48 Å². The zero-order valence-corrected chi connectivity index (χ0v) is 19.7. The lowest BCUT2D eigenvalue weighted by Gasteiger charge is -2.08. The van der Waals surface area contributed by atoms with Gasteiger partial charge in [0.05, 0.1) is 12.8 Å². The minimum Gasteiger partial charge on any atom is -0.497 e. The Morgan fingerprint density at radius 2 is 1.61 bits per heavy atom. The van der Waals surface area contributed by atoms with Crippen molar-refractivity contribution >= 4 is 23.5 Å². The quantitative estimate of drug-likeness (QED) is 0.369. The highest BCUT2D eigenvalue weighted by molar-refractivity contribution is 5.99. The standard InChI is InChI=1S/C27H24N4O5/c1-28-26(33)19-8-12-20(13-9-19)29-24(32)17-36-27(34)23-16-31(21-6-4-3-5-7-21)30-25(23)18-10-14-22(35-2)15-11-18/h3-16H,17H2,1-2H3,(H,28,33)(H,29,32). The van der Waals surface area contributed by atoms with E-state index in [1.807, 2.05) is 30.3 Å². The minimum absolute atomic E-state index is 0.215. The van der Waals surface area contributed by atoms with Gasteiger partial charge < -0.3 is 20.1 Å². The number of amides is 2. The van der Waals surface area contributed by atoms with Crippen molar-refractivity contribution in [3.8, 4) is 22.7 Å². The van der Waals surface area contributed by atoms with E-state index in [0.29, 0.717) is 28.3 Å². The van der Waals surface area contributed by atoms with Crippen molar-refractivity contribution < 1.29 is 23.9 Å². The van der Waals surface area contributed by atoms with Crippen molar-refractivity contribution in [2.24, 2.45) is 0 Å². The molecule has 0 saturated carbocycles. The molecular weight excluding hydrogens is 460 g/mol. The van der Waals surface area contributed by atoms with Gasteiger partial charge in [0.2, 0.25) is 0 Å². The molecule has 0 fully saturated rings. The lowest BCUT2D eigenvalue weighted by atomic mass is 10.1. The number of benzene rings is 3. The maximum atomic E-state index is 13.0. The molecule has 0 spiro atoms. The second kappa shape index (κ2) is 11.0. The van der Waals surface area contributed by atoms with E-state index in [1.165, 1.54) is 7.05 Å². The number of nitrogens with one attached hydrogen (secondary N) is 2. The summed E-state index contributed by atoms with van der Waals surface area (Å²) in [6.45, 7) is -0.491. The Kier molecular flexibility index (Phi) is 7.40. The highest BCUT2D eigenvalue weighted by Crippen LogP contribution is 2.26. The monoisotopic (exact) mass is 484 g/mol. The fourth-order valence-corrected chi connectivity index (χ4v) is 3.45. The lowest BCUT2D eigenvalue weighted by Crippen LogP contribution is -2.21. The van der Waals surface area contributed by atoms with Gasteiger partial charge in [0.25, 0.3) is 11.8 Å². The molecule has 36 heavy (non-hydrogen) atoms. The number of hydrogen-bond acceptors (Lipinski definition) is 6. The van der Waals surface area contributed by atoms with Crippen molar-refractivity contribution in [2.45, 2.75) is 0 Å². The molecule has 9 heteroatoms. The molecule has 0 aliphatic heterocycles. The molecule has 2 N–H and O–H groups in total. The molecule has 0 atom stereocenters. The van der Waals surface area contributed by atoms with Gasteiger partial charge in [-0.05, 0) is 60.7 Å². The summed E-state index contributed by atoms with van der Waals surface area (Å²) in [5, 5.41) is 9.76.